The Bertz CT molecular complexity index is 846. The summed E-state index contributed by atoms with van der Waals surface area (Å²) in [4.78, 5) is 29.6. The van der Waals surface area contributed by atoms with Gasteiger partial charge in [-0.05, 0) is 31.4 Å². The topological polar surface area (TPSA) is 49.9 Å². The van der Waals surface area contributed by atoms with Gasteiger partial charge in [0.2, 0.25) is 11.8 Å². The predicted molar refractivity (Wildman–Crippen MR) is 109 cm³/mol. The summed E-state index contributed by atoms with van der Waals surface area (Å²) in [6.07, 6.45) is 1.49. The highest BCUT2D eigenvalue weighted by atomic mass is 16.5. The minimum absolute atomic E-state index is 0.0168. The molecule has 1 atom stereocenters. The van der Waals surface area contributed by atoms with Crippen molar-refractivity contribution >= 4 is 17.5 Å². The highest BCUT2D eigenvalue weighted by molar-refractivity contribution is 6.01. The number of benzene rings is 2. The number of nitrogens with zero attached hydrogens (tertiary/aromatic N) is 2. The Morgan fingerprint density at radius 3 is 2.43 bits per heavy atom. The first-order chi connectivity index (χ1) is 13.6. The van der Waals surface area contributed by atoms with Crippen molar-refractivity contribution in [3.05, 3.63) is 54.6 Å². The molecule has 28 heavy (non-hydrogen) atoms. The lowest BCUT2D eigenvalue weighted by Crippen LogP contribution is -2.58. The molecule has 0 spiro atoms. The monoisotopic (exact) mass is 378 g/mol. The van der Waals surface area contributed by atoms with Gasteiger partial charge in [-0.15, -0.1) is 0 Å². The highest BCUT2D eigenvalue weighted by Crippen LogP contribution is 2.33. The van der Waals surface area contributed by atoms with Crippen LogP contribution >= 0.6 is 0 Å². The molecular formula is C23H26N2O3. The van der Waals surface area contributed by atoms with Gasteiger partial charge < -0.3 is 14.5 Å². The fourth-order valence-corrected chi connectivity index (χ4v) is 4.13. The summed E-state index contributed by atoms with van der Waals surface area (Å²) in [5, 5.41) is 0. The van der Waals surface area contributed by atoms with Gasteiger partial charge in [-0.25, -0.2) is 0 Å². The van der Waals surface area contributed by atoms with Gasteiger partial charge in [0.15, 0.2) is 0 Å². The standard InChI is InChI=1S/C23H26N2O3/c1-17-15-25(21-10-6-5-9-20(21)18-7-3-2-4-8-18)22(26)16-24(17)23(27)19-11-13-28-14-12-19/h2-10,17,19H,11-16H2,1H3/t17-/m1/s1. The second kappa shape index (κ2) is 8.15. The van der Waals surface area contributed by atoms with E-state index < -0.39 is 0 Å². The molecule has 2 aromatic rings. The zero-order valence-electron chi connectivity index (χ0n) is 16.2. The van der Waals surface area contributed by atoms with Crippen LogP contribution in [0.3, 0.4) is 0 Å². The van der Waals surface area contributed by atoms with E-state index in [1.54, 1.807) is 4.90 Å². The molecule has 4 rings (SSSR count). The van der Waals surface area contributed by atoms with E-state index in [0.29, 0.717) is 19.8 Å². The van der Waals surface area contributed by atoms with E-state index >= 15 is 0 Å². The molecule has 0 saturated carbocycles. The van der Waals surface area contributed by atoms with Crippen molar-refractivity contribution in [2.75, 3.05) is 31.2 Å². The van der Waals surface area contributed by atoms with Crippen LogP contribution in [0.25, 0.3) is 11.1 Å². The van der Waals surface area contributed by atoms with Crippen LogP contribution in [0.4, 0.5) is 5.69 Å². The van der Waals surface area contributed by atoms with Crippen LogP contribution in [0.5, 0.6) is 0 Å². The van der Waals surface area contributed by atoms with E-state index in [1.165, 1.54) is 0 Å². The predicted octanol–water partition coefficient (Wildman–Crippen LogP) is 3.34. The summed E-state index contributed by atoms with van der Waals surface area (Å²) in [6, 6.07) is 18.1. The Morgan fingerprint density at radius 1 is 1.00 bits per heavy atom. The van der Waals surface area contributed by atoms with Crippen molar-refractivity contribution in [3.63, 3.8) is 0 Å². The van der Waals surface area contributed by atoms with Crippen molar-refractivity contribution in [1.82, 2.24) is 4.90 Å². The van der Waals surface area contributed by atoms with E-state index in [4.69, 9.17) is 4.74 Å². The molecule has 2 aromatic carbocycles. The molecule has 2 saturated heterocycles. The average Bonchev–Trinajstić information content (AvgIpc) is 2.76. The van der Waals surface area contributed by atoms with E-state index in [1.807, 2.05) is 54.3 Å². The van der Waals surface area contributed by atoms with Crippen LogP contribution in [0, 0.1) is 5.92 Å². The van der Waals surface area contributed by atoms with Gasteiger partial charge >= 0.3 is 0 Å². The lowest BCUT2D eigenvalue weighted by atomic mass is 9.96. The van der Waals surface area contributed by atoms with Crippen molar-refractivity contribution in [2.45, 2.75) is 25.8 Å². The summed E-state index contributed by atoms with van der Waals surface area (Å²) in [7, 11) is 0. The van der Waals surface area contributed by atoms with Gasteiger partial charge in [-0.3, -0.25) is 9.59 Å². The second-order valence-electron chi connectivity index (χ2n) is 7.59. The lowest BCUT2D eigenvalue weighted by Gasteiger charge is -2.41. The Labute approximate surface area is 165 Å². The third kappa shape index (κ3) is 3.67. The van der Waals surface area contributed by atoms with Crippen LogP contribution in [0.15, 0.2) is 54.6 Å². The number of rotatable bonds is 3. The quantitative estimate of drug-likeness (QED) is 0.823. The summed E-state index contributed by atoms with van der Waals surface area (Å²) in [5.74, 6) is 0.0502. The zero-order chi connectivity index (χ0) is 19.5. The van der Waals surface area contributed by atoms with Gasteiger partial charge in [0, 0.05) is 37.3 Å². The fraction of sp³-hybridized carbons (Fsp3) is 0.391. The van der Waals surface area contributed by atoms with E-state index in [0.717, 1.165) is 29.7 Å². The molecule has 0 bridgehead atoms. The number of piperazine rings is 1. The van der Waals surface area contributed by atoms with E-state index in [2.05, 4.69) is 12.1 Å². The van der Waals surface area contributed by atoms with Gasteiger partial charge in [0.05, 0.1) is 5.69 Å². The number of carbonyl (C=O) groups excluding carboxylic acids is 2. The molecule has 2 aliphatic heterocycles. The first kappa shape index (κ1) is 18.7. The molecule has 2 amide bonds. The van der Waals surface area contributed by atoms with Crippen LogP contribution in [-0.4, -0.2) is 49.1 Å². The van der Waals surface area contributed by atoms with Gasteiger partial charge in [-0.1, -0.05) is 48.5 Å². The fourth-order valence-electron chi connectivity index (χ4n) is 4.13. The van der Waals surface area contributed by atoms with Crippen LogP contribution in [0.2, 0.25) is 0 Å². The van der Waals surface area contributed by atoms with Crippen molar-refractivity contribution in [2.24, 2.45) is 5.92 Å². The molecule has 0 aliphatic carbocycles. The Balaban J connectivity index is 1.56. The first-order valence-corrected chi connectivity index (χ1v) is 9.98. The van der Waals surface area contributed by atoms with Gasteiger partial charge in [0.25, 0.3) is 0 Å². The van der Waals surface area contributed by atoms with Crippen LogP contribution in [-0.2, 0) is 14.3 Å². The number of hydrogen-bond acceptors (Lipinski definition) is 3. The number of ether oxygens (including phenoxy) is 1. The largest absolute Gasteiger partial charge is 0.381 e. The molecule has 5 heteroatoms. The average molecular weight is 378 g/mol. The van der Waals surface area contributed by atoms with Crippen LogP contribution in [0.1, 0.15) is 19.8 Å². The molecule has 2 heterocycles. The lowest BCUT2D eigenvalue weighted by molar-refractivity contribution is -0.145. The normalized spacial score (nSPS) is 21.0. The number of anilines is 1. The van der Waals surface area contributed by atoms with Crippen molar-refractivity contribution in [1.29, 1.82) is 0 Å². The number of amides is 2. The minimum atomic E-state index is -0.0260. The molecule has 146 valence electrons. The zero-order valence-corrected chi connectivity index (χ0v) is 16.2. The maximum atomic E-state index is 13.0. The molecule has 2 fully saturated rings. The summed E-state index contributed by atoms with van der Waals surface area (Å²) < 4.78 is 5.37. The molecular weight excluding hydrogens is 352 g/mol. The Kier molecular flexibility index (Phi) is 5.44. The first-order valence-electron chi connectivity index (χ1n) is 9.98. The van der Waals surface area contributed by atoms with Gasteiger partial charge in [-0.2, -0.15) is 0 Å². The third-order valence-electron chi connectivity index (χ3n) is 5.72. The number of hydrogen-bond donors (Lipinski definition) is 0. The molecule has 2 aliphatic rings. The third-order valence-corrected chi connectivity index (χ3v) is 5.72. The van der Waals surface area contributed by atoms with Crippen LogP contribution < -0.4 is 4.90 Å². The Hall–Kier alpha value is -2.66. The minimum Gasteiger partial charge on any atom is -0.381 e. The van der Waals surface area contributed by atoms with E-state index in [-0.39, 0.29) is 30.3 Å². The maximum absolute atomic E-state index is 13.0. The second-order valence-corrected chi connectivity index (χ2v) is 7.59. The van der Waals surface area contributed by atoms with Crippen molar-refractivity contribution < 1.29 is 14.3 Å². The number of carbonyl (C=O) groups is 2. The van der Waals surface area contributed by atoms with Crippen molar-refractivity contribution in [3.8, 4) is 11.1 Å². The van der Waals surface area contributed by atoms with Gasteiger partial charge in [0.1, 0.15) is 6.54 Å². The molecule has 0 radical (unpaired) electrons. The molecule has 0 unspecified atom stereocenters. The highest BCUT2D eigenvalue weighted by Gasteiger charge is 2.37. The van der Waals surface area contributed by atoms with E-state index in [9.17, 15) is 9.59 Å². The summed E-state index contributed by atoms with van der Waals surface area (Å²) in [5.41, 5.74) is 3.02. The maximum Gasteiger partial charge on any atom is 0.246 e. The molecule has 5 nitrogen and oxygen atoms in total. The summed E-state index contributed by atoms with van der Waals surface area (Å²) in [6.45, 7) is 3.94. The number of para-hydroxylation sites is 1. The Morgan fingerprint density at radius 2 is 1.68 bits per heavy atom. The smallest absolute Gasteiger partial charge is 0.246 e. The molecule has 0 N–H and O–H groups in total. The molecule has 0 aromatic heterocycles. The summed E-state index contributed by atoms with van der Waals surface area (Å²) >= 11 is 0. The SMILES string of the molecule is C[C@@H]1CN(c2ccccc2-c2ccccc2)C(=O)CN1C(=O)C1CCOCC1.